The molecule has 4 heterocycles. The standard InChI is InChI=1S/C61H94O28/c1-25(2)17-37(69)85-49-50(82-27(4)66)61(24-64)29(18-56(49,5)6)28-11-12-34-57(7)15-14-35(58(8,23-63)33(57)13-16-59(34,9)60(28,10)19-36(61)81-26(3)65)84-55-48(89-53-43(75)41(73)40(72)32(20-62)83-53)45(44(76)46(87-55)51(77)78)86-54-47(39(71)31(68)22-80-54)88-52-42(74)38(70)30(67)21-79-52/h11,23,25,29-36,38-50,52-55,62,64,67-68,70-76H,12-22,24H2,1-10H3,(H,77,78). The zero-order valence-corrected chi connectivity index (χ0v) is 52.0. The molecular weight excluding hydrogens is 1180 g/mol. The molecule has 28 nitrogen and oxygen atoms in total. The Morgan fingerprint density at radius 1 is 0.640 bits per heavy atom. The number of carbonyl (C=O) groups is 5. The normalized spacial score (nSPS) is 49.6. The van der Waals surface area contributed by atoms with E-state index in [1.807, 2.05) is 27.7 Å². The lowest BCUT2D eigenvalue weighted by molar-refractivity contribution is -0.398. The first-order valence-electron chi connectivity index (χ1n) is 31.0. The Bertz CT molecular complexity index is 2600. The van der Waals surface area contributed by atoms with Crippen molar-refractivity contribution in [2.45, 2.75) is 256 Å². The van der Waals surface area contributed by atoms with Crippen LogP contribution in [-0.4, -0.2) is 253 Å². The highest BCUT2D eigenvalue weighted by molar-refractivity contribution is 5.73. The minimum Gasteiger partial charge on any atom is -0.479 e. The third-order valence-corrected chi connectivity index (χ3v) is 22.3. The molecule has 89 heavy (non-hydrogen) atoms. The summed E-state index contributed by atoms with van der Waals surface area (Å²) in [5.74, 6) is -4.89. The number of fused-ring (bicyclic) bond motifs is 7. The second-order valence-corrected chi connectivity index (χ2v) is 28.6. The molecule has 506 valence electrons. The molecule has 30 unspecified atom stereocenters. The number of aliphatic hydroxyl groups is 11. The van der Waals surface area contributed by atoms with Crippen molar-refractivity contribution in [3.63, 3.8) is 0 Å². The summed E-state index contributed by atoms with van der Waals surface area (Å²) in [5, 5.41) is 131. The van der Waals surface area contributed by atoms with Gasteiger partial charge >= 0.3 is 23.9 Å². The Morgan fingerprint density at radius 2 is 1.26 bits per heavy atom. The van der Waals surface area contributed by atoms with Gasteiger partial charge in [0.15, 0.2) is 37.4 Å². The van der Waals surface area contributed by atoms with E-state index in [2.05, 4.69) is 26.8 Å². The Kier molecular flexibility index (Phi) is 20.4. The molecule has 0 aromatic carbocycles. The molecule has 4 saturated heterocycles. The second kappa shape index (κ2) is 26.0. The quantitative estimate of drug-likeness (QED) is 0.0263. The van der Waals surface area contributed by atoms with Crippen LogP contribution in [0.5, 0.6) is 0 Å². The van der Waals surface area contributed by atoms with Crippen LogP contribution in [0, 0.1) is 56.2 Å². The van der Waals surface area contributed by atoms with E-state index in [9.17, 15) is 85.3 Å². The number of aliphatic carboxylic acids is 1. The van der Waals surface area contributed by atoms with Crippen molar-refractivity contribution >= 4 is 30.2 Å². The molecule has 28 heteroatoms. The van der Waals surface area contributed by atoms with Crippen LogP contribution >= 0.6 is 0 Å². The molecule has 0 bridgehead atoms. The first-order chi connectivity index (χ1) is 41.6. The molecule has 0 amide bonds. The van der Waals surface area contributed by atoms with Crippen molar-refractivity contribution in [2.75, 3.05) is 26.4 Å². The van der Waals surface area contributed by atoms with Crippen LogP contribution < -0.4 is 0 Å². The van der Waals surface area contributed by atoms with E-state index >= 15 is 0 Å². The molecule has 8 fully saturated rings. The maximum atomic E-state index is 14.3. The van der Waals surface area contributed by atoms with E-state index in [0.717, 1.165) is 11.9 Å². The predicted molar refractivity (Wildman–Crippen MR) is 298 cm³/mol. The molecule has 0 aromatic heterocycles. The fourth-order valence-electron chi connectivity index (χ4n) is 17.5. The average Bonchev–Trinajstić information content (AvgIpc) is 0.864. The maximum Gasteiger partial charge on any atom is 0.335 e. The monoisotopic (exact) mass is 1270 g/mol. The number of hydrogen-bond donors (Lipinski definition) is 12. The summed E-state index contributed by atoms with van der Waals surface area (Å²) in [4.78, 5) is 67.6. The van der Waals surface area contributed by atoms with Crippen molar-refractivity contribution in [1.29, 1.82) is 0 Å². The highest BCUT2D eigenvalue weighted by atomic mass is 16.8. The van der Waals surface area contributed by atoms with Crippen molar-refractivity contribution in [3.05, 3.63) is 11.6 Å². The van der Waals surface area contributed by atoms with Crippen molar-refractivity contribution in [2.24, 2.45) is 56.2 Å². The van der Waals surface area contributed by atoms with Gasteiger partial charge in [0.1, 0.15) is 97.8 Å². The van der Waals surface area contributed by atoms with Gasteiger partial charge < -0.3 is 118 Å². The van der Waals surface area contributed by atoms with Gasteiger partial charge in [-0.2, -0.15) is 0 Å². The van der Waals surface area contributed by atoms with Crippen LogP contribution in [0.25, 0.3) is 0 Å². The number of carbonyl (C=O) groups excluding carboxylic acids is 4. The number of allylic oxidation sites excluding steroid dienone is 2. The minimum atomic E-state index is -2.29. The average molecular weight is 1280 g/mol. The van der Waals surface area contributed by atoms with Crippen LogP contribution in [0.1, 0.15) is 121 Å². The van der Waals surface area contributed by atoms with Gasteiger partial charge in [-0.25, -0.2) is 4.79 Å². The van der Waals surface area contributed by atoms with E-state index in [1.165, 1.54) is 13.8 Å². The van der Waals surface area contributed by atoms with Crippen molar-refractivity contribution in [1.82, 2.24) is 0 Å². The van der Waals surface area contributed by atoms with Gasteiger partial charge in [0.2, 0.25) is 0 Å². The Hall–Kier alpha value is -3.47. The lowest BCUT2D eigenvalue weighted by Crippen LogP contribution is -2.73. The Labute approximate surface area is 515 Å². The largest absolute Gasteiger partial charge is 0.479 e. The third-order valence-electron chi connectivity index (χ3n) is 22.3. The summed E-state index contributed by atoms with van der Waals surface area (Å²) in [6.45, 7) is 15.6. The highest BCUT2D eigenvalue weighted by Gasteiger charge is 2.75. The number of ether oxygens (including phenoxy) is 11. The molecule has 12 N–H and O–H groups in total. The van der Waals surface area contributed by atoms with Gasteiger partial charge in [-0.05, 0) is 84.9 Å². The van der Waals surface area contributed by atoms with Gasteiger partial charge in [-0.1, -0.05) is 67.0 Å². The highest BCUT2D eigenvalue weighted by Crippen LogP contribution is 2.76. The molecule has 9 rings (SSSR count). The smallest absolute Gasteiger partial charge is 0.335 e. The fourth-order valence-corrected chi connectivity index (χ4v) is 17.5. The third kappa shape index (κ3) is 12.1. The summed E-state index contributed by atoms with van der Waals surface area (Å²) in [6.07, 6.45) is -33.9. The van der Waals surface area contributed by atoms with E-state index in [0.29, 0.717) is 32.1 Å². The SMILES string of the molecule is CC(=O)OC1CC2(C)C(=CCC3C4(C)CCC(OC5OC(C(=O)O)C(O)C(OC6OCC(O)C(O)C6OC6OCC(O)C(O)C6O)C5OC5OC(CO)C(O)C(O)C5O)C(C)(C=O)C4CCC32C)C2CC(C)(C)C(OC(=O)CC(C)C)C(OC(C)=O)C12CO. The topological polar surface area (TPSA) is 430 Å². The maximum absolute atomic E-state index is 14.3. The van der Waals surface area contributed by atoms with Crippen molar-refractivity contribution < 1.29 is 137 Å². The number of aliphatic hydroxyl groups excluding tert-OH is 11. The molecule has 0 aromatic rings. The van der Waals surface area contributed by atoms with E-state index in [-0.39, 0.29) is 31.1 Å². The van der Waals surface area contributed by atoms with E-state index in [1.54, 1.807) is 6.92 Å². The van der Waals surface area contributed by atoms with Crippen LogP contribution in [0.3, 0.4) is 0 Å². The fraction of sp³-hybridized carbons (Fsp3) is 0.885. The van der Waals surface area contributed by atoms with Crippen molar-refractivity contribution in [3.8, 4) is 0 Å². The number of hydrogen-bond acceptors (Lipinski definition) is 27. The molecule has 4 saturated carbocycles. The zero-order valence-electron chi connectivity index (χ0n) is 52.0. The van der Waals surface area contributed by atoms with E-state index in [4.69, 9.17) is 52.1 Å². The molecule has 0 spiro atoms. The predicted octanol–water partition coefficient (Wildman–Crippen LogP) is -1.36. The summed E-state index contributed by atoms with van der Waals surface area (Å²) in [6, 6.07) is 0. The first-order valence-corrected chi connectivity index (χ1v) is 31.0. The molecule has 4 aliphatic heterocycles. The summed E-state index contributed by atoms with van der Waals surface area (Å²) >= 11 is 0. The van der Waals surface area contributed by atoms with Crippen LogP contribution in [-0.2, 0) is 76.1 Å². The van der Waals surface area contributed by atoms with Gasteiger partial charge in [-0.15, -0.1) is 0 Å². The number of carboxylic acid groups (broad SMARTS) is 1. The van der Waals surface area contributed by atoms with E-state index < -0.39 is 230 Å². The van der Waals surface area contributed by atoms with Crippen LogP contribution in [0.2, 0.25) is 0 Å². The minimum absolute atomic E-state index is 0.0551. The van der Waals surface area contributed by atoms with Gasteiger partial charge in [-0.3, -0.25) is 14.4 Å². The number of aldehydes is 1. The van der Waals surface area contributed by atoms with Crippen LogP contribution in [0.15, 0.2) is 11.6 Å². The molecular formula is C61H94O28. The van der Waals surface area contributed by atoms with Crippen LogP contribution in [0.4, 0.5) is 0 Å². The molecule has 30 atom stereocenters. The molecule has 5 aliphatic carbocycles. The number of carboxylic acids is 1. The molecule has 0 radical (unpaired) electrons. The number of esters is 3. The lowest BCUT2D eigenvalue weighted by Gasteiger charge is -2.72. The number of rotatable bonds is 17. The zero-order chi connectivity index (χ0) is 65.6. The summed E-state index contributed by atoms with van der Waals surface area (Å²) in [7, 11) is 0. The van der Waals surface area contributed by atoms with Gasteiger partial charge in [0.05, 0.1) is 43.4 Å². The first kappa shape index (κ1) is 69.9. The lowest BCUT2D eigenvalue weighted by atomic mass is 9.33. The summed E-state index contributed by atoms with van der Waals surface area (Å²) < 4.78 is 67.1. The Morgan fingerprint density at radius 3 is 1.87 bits per heavy atom. The Balaban J connectivity index is 1.07. The molecule has 9 aliphatic rings. The van der Waals surface area contributed by atoms with Gasteiger partial charge in [0, 0.05) is 25.7 Å². The summed E-state index contributed by atoms with van der Waals surface area (Å²) in [5.41, 5.74) is -4.87. The second-order valence-electron chi connectivity index (χ2n) is 28.6. The van der Waals surface area contributed by atoms with Gasteiger partial charge in [0.25, 0.3) is 0 Å².